The van der Waals surface area contributed by atoms with Crippen molar-refractivity contribution in [1.29, 1.82) is 0 Å². The number of benzene rings is 1. The van der Waals surface area contributed by atoms with Gasteiger partial charge in [0.1, 0.15) is 5.82 Å². The number of hydrogen-bond donors (Lipinski definition) is 1. The summed E-state index contributed by atoms with van der Waals surface area (Å²) in [4.78, 5) is 2.59. The Hall–Kier alpha value is -1.35. The molecule has 3 rings (SSSR count). The van der Waals surface area contributed by atoms with Crippen molar-refractivity contribution < 1.29 is 4.39 Å². The Morgan fingerprint density at radius 2 is 2.06 bits per heavy atom. The summed E-state index contributed by atoms with van der Waals surface area (Å²) in [5.74, 6) is -0.0890. The van der Waals surface area contributed by atoms with Crippen LogP contribution in [0.15, 0.2) is 24.3 Å². The molecule has 0 amide bonds. The largest absolute Gasteiger partial charge is 0.377 e. The summed E-state index contributed by atoms with van der Waals surface area (Å²) in [6.45, 7) is 4.12. The highest BCUT2D eigenvalue weighted by atomic mass is 32.1. The second kappa shape index (κ2) is 3.84. The van der Waals surface area contributed by atoms with Crippen molar-refractivity contribution in [2.24, 2.45) is 0 Å². The molecule has 0 aliphatic carbocycles. The van der Waals surface area contributed by atoms with Crippen molar-refractivity contribution in [2.45, 2.75) is 26.3 Å². The molecule has 1 aromatic carbocycles. The summed E-state index contributed by atoms with van der Waals surface area (Å²) in [6.07, 6.45) is 0.753. The van der Waals surface area contributed by atoms with Crippen LogP contribution in [-0.2, 0) is 6.42 Å². The standard InChI is InChI=1S/C14H14FNS/c1-8-3-5-11(15)10-7-12(16-14(8)10)13-6-4-9(2)17-13/h3-6,12,16H,7H2,1-2H3. The number of aryl methyl sites for hydroxylation is 2. The summed E-state index contributed by atoms with van der Waals surface area (Å²) >= 11 is 1.78. The summed E-state index contributed by atoms with van der Waals surface area (Å²) in [5, 5.41) is 3.44. The SMILES string of the molecule is Cc1ccc(C2Cc3c(F)ccc(C)c3N2)s1. The third kappa shape index (κ3) is 1.75. The third-order valence-electron chi connectivity index (χ3n) is 3.30. The van der Waals surface area contributed by atoms with Gasteiger partial charge in [0, 0.05) is 27.4 Å². The second-order valence-corrected chi connectivity index (χ2v) is 5.89. The van der Waals surface area contributed by atoms with Crippen molar-refractivity contribution >= 4 is 17.0 Å². The predicted octanol–water partition coefficient (Wildman–Crippen LogP) is 4.21. The Labute approximate surface area is 104 Å². The Balaban J connectivity index is 1.98. The average Bonchev–Trinajstić information content (AvgIpc) is 2.90. The van der Waals surface area contributed by atoms with Crippen LogP contribution < -0.4 is 5.32 Å². The Morgan fingerprint density at radius 1 is 1.24 bits per heavy atom. The number of fused-ring (bicyclic) bond motifs is 1. The topological polar surface area (TPSA) is 12.0 Å². The van der Waals surface area contributed by atoms with Gasteiger partial charge in [0.2, 0.25) is 0 Å². The summed E-state index contributed by atoms with van der Waals surface area (Å²) < 4.78 is 13.7. The van der Waals surface area contributed by atoms with Gasteiger partial charge in [-0.2, -0.15) is 0 Å². The van der Waals surface area contributed by atoms with Crippen molar-refractivity contribution in [1.82, 2.24) is 0 Å². The zero-order chi connectivity index (χ0) is 12.0. The number of nitrogens with one attached hydrogen (secondary N) is 1. The minimum Gasteiger partial charge on any atom is -0.377 e. The molecule has 3 heteroatoms. The van der Waals surface area contributed by atoms with Gasteiger partial charge in [-0.1, -0.05) is 6.07 Å². The van der Waals surface area contributed by atoms with E-state index in [0.29, 0.717) is 0 Å². The fraction of sp³-hybridized carbons (Fsp3) is 0.286. The van der Waals surface area contributed by atoms with Crippen LogP contribution in [0.5, 0.6) is 0 Å². The molecule has 1 N–H and O–H groups in total. The van der Waals surface area contributed by atoms with Crippen molar-refractivity contribution in [3.63, 3.8) is 0 Å². The second-order valence-electron chi connectivity index (χ2n) is 4.57. The first-order chi connectivity index (χ1) is 8.15. The molecule has 0 saturated carbocycles. The van der Waals surface area contributed by atoms with Crippen LogP contribution in [0.25, 0.3) is 0 Å². The molecule has 1 nitrogen and oxygen atoms in total. The van der Waals surface area contributed by atoms with E-state index >= 15 is 0 Å². The lowest BCUT2D eigenvalue weighted by atomic mass is 10.1. The number of thiophene rings is 1. The quantitative estimate of drug-likeness (QED) is 0.795. The molecule has 0 fully saturated rings. The van der Waals surface area contributed by atoms with Crippen LogP contribution in [0.1, 0.15) is 26.9 Å². The van der Waals surface area contributed by atoms with E-state index in [1.807, 2.05) is 13.0 Å². The zero-order valence-electron chi connectivity index (χ0n) is 9.88. The van der Waals surface area contributed by atoms with Crippen molar-refractivity contribution in [2.75, 3.05) is 5.32 Å². The van der Waals surface area contributed by atoms with E-state index in [2.05, 4.69) is 24.4 Å². The minimum atomic E-state index is -0.0890. The molecule has 1 atom stereocenters. The molecule has 1 unspecified atom stereocenters. The highest BCUT2D eigenvalue weighted by Crippen LogP contribution is 2.39. The fourth-order valence-corrected chi connectivity index (χ4v) is 3.31. The van der Waals surface area contributed by atoms with Gasteiger partial charge in [-0.15, -0.1) is 11.3 Å². The highest BCUT2D eigenvalue weighted by molar-refractivity contribution is 7.12. The Bertz CT molecular complexity index is 543. The lowest BCUT2D eigenvalue weighted by molar-refractivity contribution is 0.610. The first kappa shape index (κ1) is 10.8. The van der Waals surface area contributed by atoms with Crippen LogP contribution >= 0.6 is 11.3 Å². The normalized spacial score (nSPS) is 17.9. The molecule has 1 aliphatic rings. The van der Waals surface area contributed by atoms with Gasteiger partial charge < -0.3 is 5.32 Å². The molecule has 88 valence electrons. The van der Waals surface area contributed by atoms with Gasteiger partial charge in [-0.25, -0.2) is 4.39 Å². The summed E-state index contributed by atoms with van der Waals surface area (Å²) in [5.41, 5.74) is 2.94. The third-order valence-corrected chi connectivity index (χ3v) is 4.41. The molecule has 0 radical (unpaired) electrons. The van der Waals surface area contributed by atoms with E-state index in [1.54, 1.807) is 17.4 Å². The monoisotopic (exact) mass is 247 g/mol. The lowest BCUT2D eigenvalue weighted by Crippen LogP contribution is -2.03. The maximum atomic E-state index is 13.7. The first-order valence-corrected chi connectivity index (χ1v) is 6.57. The first-order valence-electron chi connectivity index (χ1n) is 5.76. The van der Waals surface area contributed by atoms with E-state index < -0.39 is 0 Å². The highest BCUT2D eigenvalue weighted by Gasteiger charge is 2.26. The number of halogens is 1. The van der Waals surface area contributed by atoms with E-state index in [4.69, 9.17) is 0 Å². The minimum absolute atomic E-state index is 0.0890. The van der Waals surface area contributed by atoms with Crippen molar-refractivity contribution in [3.8, 4) is 0 Å². The van der Waals surface area contributed by atoms with Gasteiger partial charge in [-0.05, 0) is 37.6 Å². The van der Waals surface area contributed by atoms with E-state index in [-0.39, 0.29) is 11.9 Å². The number of anilines is 1. The van der Waals surface area contributed by atoms with Crippen LogP contribution in [0, 0.1) is 19.7 Å². The van der Waals surface area contributed by atoms with Gasteiger partial charge in [0.05, 0.1) is 6.04 Å². The average molecular weight is 247 g/mol. The van der Waals surface area contributed by atoms with Gasteiger partial charge in [0.15, 0.2) is 0 Å². The van der Waals surface area contributed by atoms with E-state index in [9.17, 15) is 4.39 Å². The van der Waals surface area contributed by atoms with Gasteiger partial charge in [0.25, 0.3) is 0 Å². The van der Waals surface area contributed by atoms with Crippen molar-refractivity contribution in [3.05, 3.63) is 51.0 Å². The Kier molecular flexibility index (Phi) is 2.44. The maximum Gasteiger partial charge on any atom is 0.128 e. The molecule has 1 aliphatic heterocycles. The molecule has 0 spiro atoms. The van der Waals surface area contributed by atoms with E-state index in [1.165, 1.54) is 9.75 Å². The number of hydrogen-bond acceptors (Lipinski definition) is 2. The molecule has 17 heavy (non-hydrogen) atoms. The molecular weight excluding hydrogens is 233 g/mol. The fourth-order valence-electron chi connectivity index (χ4n) is 2.38. The number of rotatable bonds is 1. The summed E-state index contributed by atoms with van der Waals surface area (Å²) in [6, 6.07) is 7.89. The van der Waals surface area contributed by atoms with Gasteiger partial charge >= 0.3 is 0 Å². The zero-order valence-corrected chi connectivity index (χ0v) is 10.7. The molecule has 2 heterocycles. The predicted molar refractivity (Wildman–Crippen MR) is 70.3 cm³/mol. The maximum absolute atomic E-state index is 13.7. The molecule has 1 aromatic heterocycles. The smallest absolute Gasteiger partial charge is 0.128 e. The van der Waals surface area contributed by atoms with E-state index in [0.717, 1.165) is 23.2 Å². The summed E-state index contributed by atoms with van der Waals surface area (Å²) in [7, 11) is 0. The van der Waals surface area contributed by atoms with Crippen LogP contribution in [0.4, 0.5) is 10.1 Å². The molecule has 0 saturated heterocycles. The van der Waals surface area contributed by atoms with Crippen LogP contribution in [0.3, 0.4) is 0 Å². The van der Waals surface area contributed by atoms with Gasteiger partial charge in [-0.3, -0.25) is 0 Å². The molecule has 2 aromatic rings. The van der Waals surface area contributed by atoms with Crippen LogP contribution in [0.2, 0.25) is 0 Å². The Morgan fingerprint density at radius 3 is 2.71 bits per heavy atom. The molecule has 0 bridgehead atoms. The molecular formula is C14H14FNS. The lowest BCUT2D eigenvalue weighted by Gasteiger charge is -2.09. The van der Waals surface area contributed by atoms with Crippen LogP contribution in [-0.4, -0.2) is 0 Å².